The van der Waals surface area contributed by atoms with Crippen molar-refractivity contribution in [2.24, 2.45) is 0 Å². The number of benzene rings is 4. The molecule has 0 unspecified atom stereocenters. The Morgan fingerprint density at radius 3 is 1.55 bits per heavy atom. The summed E-state index contributed by atoms with van der Waals surface area (Å²) >= 11 is 1.84. The van der Waals surface area contributed by atoms with Crippen LogP contribution < -0.4 is 33.3 Å². The van der Waals surface area contributed by atoms with E-state index < -0.39 is 0 Å². The van der Waals surface area contributed by atoms with Crippen LogP contribution in [0, 0.1) is 6.92 Å². The number of aryl methyl sites for hydroxylation is 1. The summed E-state index contributed by atoms with van der Waals surface area (Å²) in [5.74, 6) is 3.79. The Bertz CT molecular complexity index is 1880. The molecule has 0 spiro atoms. The Kier molecular flexibility index (Phi) is 11.6. The van der Waals surface area contributed by atoms with Gasteiger partial charge >= 0.3 is 0 Å². The fourth-order valence-corrected chi connectivity index (χ4v) is 7.97. The third-order valence-electron chi connectivity index (χ3n) is 9.61. The zero-order chi connectivity index (χ0) is 35.9. The molecule has 0 atom stereocenters. The van der Waals surface area contributed by atoms with Crippen molar-refractivity contribution in [2.75, 3.05) is 60.6 Å². The number of rotatable bonds is 14. The van der Waals surface area contributed by atoms with E-state index in [2.05, 4.69) is 76.7 Å². The van der Waals surface area contributed by atoms with E-state index in [1.54, 1.807) is 42.7 Å². The summed E-state index contributed by atoms with van der Waals surface area (Å²) in [6.45, 7) is 5.98. The minimum Gasteiger partial charge on any atom is -0.493 e. The third kappa shape index (κ3) is 8.05. The van der Waals surface area contributed by atoms with Gasteiger partial charge in [-0.1, -0.05) is 36.4 Å². The number of hydrogen-bond acceptors (Lipinski definition) is 9. The fraction of sp³-hybridized carbons (Fsp3) is 0.333. The van der Waals surface area contributed by atoms with Gasteiger partial charge in [-0.2, -0.15) is 0 Å². The Morgan fingerprint density at radius 1 is 0.608 bits per heavy atom. The minimum absolute atomic E-state index is 0.440. The lowest BCUT2D eigenvalue weighted by Crippen LogP contribution is -2.44. The SMILES string of the molecule is COc1cc(-c2cccc(CN3CCC(N(Cc4cccc(-c5cc(OC)c(OC)c(OC)c5)c4)c4cc(C)cs4)CC3)c2)cc(OC)c1OC. The normalized spacial score (nSPS) is 13.5. The summed E-state index contributed by atoms with van der Waals surface area (Å²) in [6.07, 6.45) is 2.19. The molecule has 0 radical (unpaired) electrons. The molecule has 0 amide bonds. The Balaban J connectivity index is 1.17. The lowest BCUT2D eigenvalue weighted by Gasteiger charge is -2.39. The van der Waals surface area contributed by atoms with E-state index in [9.17, 15) is 0 Å². The van der Waals surface area contributed by atoms with E-state index in [0.717, 1.165) is 61.3 Å². The first-order chi connectivity index (χ1) is 24.9. The number of methoxy groups -OCH3 is 6. The Morgan fingerprint density at radius 2 is 1.10 bits per heavy atom. The van der Waals surface area contributed by atoms with Crippen molar-refractivity contribution in [2.45, 2.75) is 38.9 Å². The maximum atomic E-state index is 5.64. The highest BCUT2D eigenvalue weighted by Gasteiger charge is 2.26. The van der Waals surface area contributed by atoms with E-state index in [4.69, 9.17) is 28.4 Å². The number of ether oxygens (including phenoxy) is 6. The van der Waals surface area contributed by atoms with Gasteiger partial charge in [0.1, 0.15) is 0 Å². The summed E-state index contributed by atoms with van der Waals surface area (Å²) < 4.78 is 33.6. The van der Waals surface area contributed by atoms with E-state index >= 15 is 0 Å². The van der Waals surface area contributed by atoms with Gasteiger partial charge in [0.2, 0.25) is 11.5 Å². The molecule has 51 heavy (non-hydrogen) atoms. The number of piperidine rings is 1. The maximum Gasteiger partial charge on any atom is 0.203 e. The first-order valence-corrected chi connectivity index (χ1v) is 18.1. The fourth-order valence-electron chi connectivity index (χ4n) is 6.99. The summed E-state index contributed by atoms with van der Waals surface area (Å²) in [7, 11) is 9.86. The maximum absolute atomic E-state index is 5.64. The molecule has 1 saturated heterocycles. The third-order valence-corrected chi connectivity index (χ3v) is 10.7. The topological polar surface area (TPSA) is 61.9 Å². The molecule has 0 bridgehead atoms. The molecule has 0 N–H and O–H groups in total. The second kappa shape index (κ2) is 16.4. The van der Waals surface area contributed by atoms with Crippen molar-refractivity contribution in [1.29, 1.82) is 0 Å². The van der Waals surface area contributed by atoms with E-state index in [1.165, 1.54) is 21.7 Å². The standard InChI is InChI=1S/C42H48N2O6S/c1-28-18-40(51-27-28)44(26-30-11-9-13-32(20-30)34-23-38(47-4)42(50-7)39(24-34)48-5)35-14-16-43(17-15-35)25-29-10-8-12-31(19-29)33-21-36(45-2)41(49-6)37(22-33)46-3/h8-13,18-24,27,35H,14-17,25-26H2,1-7H3. The molecule has 1 aromatic heterocycles. The van der Waals surface area contributed by atoms with Crippen LogP contribution in [0.2, 0.25) is 0 Å². The van der Waals surface area contributed by atoms with Crippen LogP contribution in [0.15, 0.2) is 84.2 Å². The van der Waals surface area contributed by atoms with Crippen LogP contribution >= 0.6 is 11.3 Å². The van der Waals surface area contributed by atoms with Crippen LogP contribution in [-0.2, 0) is 13.1 Å². The zero-order valence-corrected chi connectivity index (χ0v) is 31.5. The van der Waals surface area contributed by atoms with Gasteiger partial charge in [-0.3, -0.25) is 4.90 Å². The van der Waals surface area contributed by atoms with Gasteiger partial charge in [-0.05, 0) is 107 Å². The van der Waals surface area contributed by atoms with Crippen LogP contribution in [0.25, 0.3) is 22.3 Å². The second-order valence-electron chi connectivity index (χ2n) is 12.8. The first kappa shape index (κ1) is 35.9. The average Bonchev–Trinajstić information content (AvgIpc) is 3.61. The van der Waals surface area contributed by atoms with Gasteiger partial charge < -0.3 is 33.3 Å². The summed E-state index contributed by atoms with van der Waals surface area (Å²) in [4.78, 5) is 5.20. The van der Waals surface area contributed by atoms with Crippen molar-refractivity contribution >= 4 is 16.3 Å². The Hall–Kier alpha value is -4.86. The quantitative estimate of drug-likeness (QED) is 0.113. The van der Waals surface area contributed by atoms with Crippen molar-refractivity contribution in [1.82, 2.24) is 4.90 Å². The number of anilines is 1. The van der Waals surface area contributed by atoms with E-state index in [-0.39, 0.29) is 0 Å². The largest absolute Gasteiger partial charge is 0.493 e. The minimum atomic E-state index is 0.440. The Labute approximate surface area is 306 Å². The lowest BCUT2D eigenvalue weighted by molar-refractivity contribution is 0.201. The van der Waals surface area contributed by atoms with Gasteiger partial charge in [-0.25, -0.2) is 0 Å². The van der Waals surface area contributed by atoms with E-state index in [1.807, 2.05) is 35.6 Å². The molecular weight excluding hydrogens is 661 g/mol. The molecule has 1 aliphatic heterocycles. The smallest absolute Gasteiger partial charge is 0.203 e. The molecule has 0 aliphatic carbocycles. The summed E-state index contributed by atoms with van der Waals surface area (Å²) in [6, 6.07) is 28.3. The number of hydrogen-bond donors (Lipinski definition) is 0. The van der Waals surface area contributed by atoms with Crippen molar-refractivity contribution < 1.29 is 28.4 Å². The predicted molar refractivity (Wildman–Crippen MR) is 207 cm³/mol. The molecular formula is C42H48N2O6S. The monoisotopic (exact) mass is 708 g/mol. The summed E-state index contributed by atoms with van der Waals surface area (Å²) in [5.41, 5.74) is 8.13. The lowest BCUT2D eigenvalue weighted by atomic mass is 9.99. The second-order valence-corrected chi connectivity index (χ2v) is 13.7. The van der Waals surface area contributed by atoms with Crippen LogP contribution in [0.5, 0.6) is 34.5 Å². The molecule has 2 heterocycles. The molecule has 4 aromatic carbocycles. The molecule has 268 valence electrons. The van der Waals surface area contributed by atoms with Crippen molar-refractivity contribution in [3.05, 3.63) is 101 Å². The highest BCUT2D eigenvalue weighted by atomic mass is 32.1. The van der Waals surface area contributed by atoms with Crippen molar-refractivity contribution in [3.63, 3.8) is 0 Å². The molecule has 0 saturated carbocycles. The van der Waals surface area contributed by atoms with Crippen LogP contribution in [0.3, 0.4) is 0 Å². The van der Waals surface area contributed by atoms with E-state index in [0.29, 0.717) is 40.5 Å². The van der Waals surface area contributed by atoms with Crippen LogP contribution in [0.1, 0.15) is 29.5 Å². The van der Waals surface area contributed by atoms with Gasteiger partial charge in [0.25, 0.3) is 0 Å². The molecule has 1 aliphatic rings. The summed E-state index contributed by atoms with van der Waals surface area (Å²) in [5, 5.41) is 3.58. The highest BCUT2D eigenvalue weighted by Crippen LogP contribution is 2.43. The van der Waals surface area contributed by atoms with Gasteiger partial charge in [-0.15, -0.1) is 11.3 Å². The van der Waals surface area contributed by atoms with Crippen LogP contribution in [-0.4, -0.2) is 66.7 Å². The van der Waals surface area contributed by atoms with Crippen molar-refractivity contribution in [3.8, 4) is 56.8 Å². The molecule has 8 nitrogen and oxygen atoms in total. The molecule has 5 aromatic rings. The zero-order valence-electron chi connectivity index (χ0n) is 30.7. The van der Waals surface area contributed by atoms with Gasteiger partial charge in [0.05, 0.1) is 47.7 Å². The molecule has 9 heteroatoms. The van der Waals surface area contributed by atoms with Gasteiger partial charge in [0.15, 0.2) is 23.0 Å². The highest BCUT2D eigenvalue weighted by molar-refractivity contribution is 7.14. The molecule has 1 fully saturated rings. The van der Waals surface area contributed by atoms with Crippen LogP contribution in [0.4, 0.5) is 5.00 Å². The predicted octanol–water partition coefficient (Wildman–Crippen LogP) is 9.11. The molecule has 6 rings (SSSR count). The number of nitrogens with zero attached hydrogens (tertiary/aromatic N) is 2. The van der Waals surface area contributed by atoms with Gasteiger partial charge in [0, 0.05) is 32.2 Å². The number of thiophene rings is 1. The first-order valence-electron chi connectivity index (χ1n) is 17.2. The average molecular weight is 709 g/mol. The number of likely N-dealkylation sites (tertiary alicyclic amines) is 1.